The van der Waals surface area contributed by atoms with Gasteiger partial charge in [-0.15, -0.1) is 10.2 Å². The summed E-state index contributed by atoms with van der Waals surface area (Å²) in [5.41, 5.74) is 1.62. The molecule has 1 saturated heterocycles. The summed E-state index contributed by atoms with van der Waals surface area (Å²) in [5.74, 6) is 0.933. The molecule has 0 bridgehead atoms. The summed E-state index contributed by atoms with van der Waals surface area (Å²) in [7, 11) is -1.54. The van der Waals surface area contributed by atoms with Gasteiger partial charge in [0.15, 0.2) is 16.4 Å². The number of nitrogens with one attached hydrogen (secondary N) is 1. The largest absolute Gasteiger partial charge is 0.485 e. The molecule has 192 valence electrons. The minimum Gasteiger partial charge on any atom is -0.485 e. The van der Waals surface area contributed by atoms with Crippen molar-refractivity contribution in [2.24, 2.45) is 0 Å². The Labute approximate surface area is 210 Å². The predicted octanol–water partition coefficient (Wildman–Crippen LogP) is 0.991. The van der Waals surface area contributed by atoms with Crippen LogP contribution in [0.25, 0.3) is 0 Å². The third-order valence-electron chi connectivity index (χ3n) is 6.25. The standard InChI is InChI=1S/C24H30N6O5S/c1-29(24(32)12-17-6-8-21(9-7-17)36(2,33)34)22(15-30-11-10-19(31)14-30)18-4-3-5-20(13-18)35-16-23-25-27-28-26-23/h3-9,13,19,22,31H,10-12,14-16H2,1-2H3,(H,25,26,27,28). The molecular formula is C24H30N6O5S. The Morgan fingerprint density at radius 2 is 2.06 bits per heavy atom. The van der Waals surface area contributed by atoms with Crippen molar-refractivity contribution in [1.29, 1.82) is 0 Å². The zero-order chi connectivity index (χ0) is 25.7. The van der Waals surface area contributed by atoms with Gasteiger partial charge in [-0.1, -0.05) is 29.5 Å². The van der Waals surface area contributed by atoms with Crippen LogP contribution in [0.5, 0.6) is 5.75 Å². The maximum atomic E-state index is 13.3. The van der Waals surface area contributed by atoms with E-state index in [0.29, 0.717) is 31.1 Å². The number of β-amino-alcohol motifs (C(OH)–C–C–N with tert-alkyl or cyclic N) is 1. The number of amides is 1. The molecule has 2 aromatic carbocycles. The molecule has 0 radical (unpaired) electrons. The zero-order valence-corrected chi connectivity index (χ0v) is 21.1. The number of rotatable bonds is 10. The molecule has 4 rings (SSSR count). The number of H-pyrrole nitrogens is 1. The highest BCUT2D eigenvalue weighted by molar-refractivity contribution is 7.90. The molecule has 1 aliphatic rings. The Morgan fingerprint density at radius 1 is 1.28 bits per heavy atom. The van der Waals surface area contributed by atoms with Crippen molar-refractivity contribution < 1.29 is 23.1 Å². The molecule has 2 unspecified atom stereocenters. The Hall–Kier alpha value is -3.35. The van der Waals surface area contributed by atoms with Crippen LogP contribution in [0.1, 0.15) is 29.4 Å². The van der Waals surface area contributed by atoms with Crippen LogP contribution in [-0.2, 0) is 27.7 Å². The van der Waals surface area contributed by atoms with Gasteiger partial charge in [-0.05, 0) is 41.8 Å². The maximum absolute atomic E-state index is 13.3. The number of aliphatic hydroxyl groups is 1. The molecule has 0 spiro atoms. The third kappa shape index (κ3) is 6.65. The fraction of sp³-hybridized carbons (Fsp3) is 0.417. The molecule has 1 aromatic heterocycles. The van der Waals surface area contributed by atoms with Gasteiger partial charge in [-0.3, -0.25) is 9.69 Å². The van der Waals surface area contributed by atoms with Gasteiger partial charge in [0.05, 0.1) is 23.5 Å². The monoisotopic (exact) mass is 514 g/mol. The molecule has 36 heavy (non-hydrogen) atoms. The lowest BCUT2D eigenvalue weighted by molar-refractivity contribution is -0.131. The number of aliphatic hydroxyl groups excluding tert-OH is 1. The Bertz CT molecular complexity index is 1270. The third-order valence-corrected chi connectivity index (χ3v) is 7.37. The van der Waals surface area contributed by atoms with Gasteiger partial charge in [0, 0.05) is 32.9 Å². The van der Waals surface area contributed by atoms with Gasteiger partial charge in [0.25, 0.3) is 0 Å². The number of carbonyl (C=O) groups excluding carboxylic acids is 1. The number of likely N-dealkylation sites (tertiary alicyclic amines) is 1. The van der Waals surface area contributed by atoms with Gasteiger partial charge < -0.3 is 14.7 Å². The molecule has 0 aliphatic carbocycles. The van der Waals surface area contributed by atoms with Crippen LogP contribution >= 0.6 is 0 Å². The van der Waals surface area contributed by atoms with Crippen LogP contribution in [0.4, 0.5) is 0 Å². The van der Waals surface area contributed by atoms with E-state index in [-0.39, 0.29) is 36.0 Å². The summed E-state index contributed by atoms with van der Waals surface area (Å²) in [6.45, 7) is 2.02. The summed E-state index contributed by atoms with van der Waals surface area (Å²) >= 11 is 0. The average molecular weight is 515 g/mol. The smallest absolute Gasteiger partial charge is 0.227 e. The molecule has 12 heteroatoms. The molecule has 2 atom stereocenters. The van der Waals surface area contributed by atoms with Gasteiger partial charge in [0.1, 0.15) is 5.75 Å². The average Bonchev–Trinajstić information content (AvgIpc) is 3.52. The SMILES string of the molecule is CN(C(=O)Cc1ccc(S(C)(=O)=O)cc1)C(CN1CCC(O)C1)c1cccc(OCc2nn[nH]n2)c1. The first-order valence-corrected chi connectivity index (χ1v) is 13.5. The van der Waals surface area contributed by atoms with Crippen LogP contribution in [-0.4, -0.2) is 88.9 Å². The van der Waals surface area contributed by atoms with E-state index in [4.69, 9.17) is 4.74 Å². The van der Waals surface area contributed by atoms with Crippen molar-refractivity contribution in [3.63, 3.8) is 0 Å². The fourth-order valence-corrected chi connectivity index (χ4v) is 4.84. The highest BCUT2D eigenvalue weighted by Gasteiger charge is 2.28. The summed E-state index contributed by atoms with van der Waals surface area (Å²) in [5, 5.41) is 23.7. The highest BCUT2D eigenvalue weighted by Crippen LogP contribution is 2.27. The van der Waals surface area contributed by atoms with Gasteiger partial charge in [0.2, 0.25) is 11.7 Å². The normalized spacial score (nSPS) is 17.1. The molecule has 11 nitrogen and oxygen atoms in total. The lowest BCUT2D eigenvalue weighted by Crippen LogP contribution is -2.39. The summed E-state index contributed by atoms with van der Waals surface area (Å²) in [6, 6.07) is 13.6. The molecule has 1 fully saturated rings. The van der Waals surface area contributed by atoms with E-state index in [9.17, 15) is 18.3 Å². The molecule has 2 heterocycles. The number of hydrogen-bond donors (Lipinski definition) is 2. The number of nitrogens with zero attached hydrogens (tertiary/aromatic N) is 5. The first-order valence-electron chi connectivity index (χ1n) is 11.6. The van der Waals surface area contributed by atoms with E-state index in [2.05, 4.69) is 25.5 Å². The quantitative estimate of drug-likeness (QED) is 0.405. The van der Waals surface area contributed by atoms with Crippen LogP contribution < -0.4 is 4.74 Å². The second-order valence-electron chi connectivity index (χ2n) is 9.00. The maximum Gasteiger partial charge on any atom is 0.227 e. The number of carbonyl (C=O) groups is 1. The first-order chi connectivity index (χ1) is 17.2. The van der Waals surface area contributed by atoms with Crippen molar-refractivity contribution in [2.45, 2.75) is 36.5 Å². The minimum atomic E-state index is -3.30. The number of ether oxygens (including phenoxy) is 1. The number of sulfone groups is 1. The van der Waals surface area contributed by atoms with Crippen LogP contribution in [0, 0.1) is 0 Å². The summed E-state index contributed by atoms with van der Waals surface area (Å²) in [6.07, 6.45) is 1.61. The van der Waals surface area contributed by atoms with Crippen molar-refractivity contribution in [2.75, 3.05) is 32.9 Å². The Kier molecular flexibility index (Phi) is 7.97. The number of likely N-dealkylation sites (N-methyl/N-ethyl adjacent to an activating group) is 1. The Balaban J connectivity index is 1.51. The van der Waals surface area contributed by atoms with Gasteiger partial charge >= 0.3 is 0 Å². The molecule has 2 N–H and O–H groups in total. The lowest BCUT2D eigenvalue weighted by Gasteiger charge is -2.32. The van der Waals surface area contributed by atoms with Crippen molar-refractivity contribution >= 4 is 15.7 Å². The van der Waals surface area contributed by atoms with Crippen molar-refractivity contribution in [3.8, 4) is 5.75 Å². The molecule has 1 aliphatic heterocycles. The zero-order valence-electron chi connectivity index (χ0n) is 20.2. The number of tetrazole rings is 1. The topological polar surface area (TPSA) is 142 Å². The molecule has 1 amide bonds. The lowest BCUT2D eigenvalue weighted by atomic mass is 10.0. The van der Waals surface area contributed by atoms with E-state index < -0.39 is 9.84 Å². The van der Waals surface area contributed by atoms with Gasteiger partial charge in [-0.25, -0.2) is 8.42 Å². The van der Waals surface area contributed by atoms with Crippen molar-refractivity contribution in [1.82, 2.24) is 30.4 Å². The number of aromatic nitrogens is 4. The Morgan fingerprint density at radius 3 is 2.69 bits per heavy atom. The van der Waals surface area contributed by atoms with Crippen molar-refractivity contribution in [3.05, 3.63) is 65.5 Å². The first kappa shape index (κ1) is 25.7. The number of aromatic amines is 1. The van der Waals surface area contributed by atoms with E-state index >= 15 is 0 Å². The number of benzene rings is 2. The second-order valence-corrected chi connectivity index (χ2v) is 11.0. The van der Waals surface area contributed by atoms with E-state index in [0.717, 1.165) is 23.9 Å². The number of hydrogen-bond acceptors (Lipinski definition) is 9. The van der Waals surface area contributed by atoms with Crippen LogP contribution in [0.15, 0.2) is 53.4 Å². The highest BCUT2D eigenvalue weighted by atomic mass is 32.2. The van der Waals surface area contributed by atoms with E-state index in [1.54, 1.807) is 24.1 Å². The summed E-state index contributed by atoms with van der Waals surface area (Å²) in [4.78, 5) is 17.4. The predicted molar refractivity (Wildman–Crippen MR) is 131 cm³/mol. The minimum absolute atomic E-state index is 0.107. The van der Waals surface area contributed by atoms with Gasteiger partial charge in [-0.2, -0.15) is 5.21 Å². The molecule has 3 aromatic rings. The molecular weight excluding hydrogens is 484 g/mol. The second kappa shape index (κ2) is 11.1. The van der Waals surface area contributed by atoms with E-state index in [1.165, 1.54) is 12.1 Å². The van der Waals surface area contributed by atoms with Crippen LogP contribution in [0.2, 0.25) is 0 Å². The van der Waals surface area contributed by atoms with Crippen LogP contribution in [0.3, 0.4) is 0 Å². The summed E-state index contributed by atoms with van der Waals surface area (Å²) < 4.78 is 29.3. The molecule has 0 saturated carbocycles. The fourth-order valence-electron chi connectivity index (χ4n) is 4.20. The van der Waals surface area contributed by atoms with E-state index in [1.807, 2.05) is 24.3 Å².